The van der Waals surface area contributed by atoms with E-state index in [1.54, 1.807) is 16.8 Å². The van der Waals surface area contributed by atoms with Gasteiger partial charge in [0.15, 0.2) is 0 Å². The molecule has 1 amide bonds. The normalized spacial score (nSPS) is 14.4. The van der Waals surface area contributed by atoms with E-state index in [0.29, 0.717) is 17.1 Å². The summed E-state index contributed by atoms with van der Waals surface area (Å²) in [6, 6.07) is 5.34. The van der Waals surface area contributed by atoms with Gasteiger partial charge in [0.05, 0.1) is 12.1 Å². The first-order valence-electron chi connectivity index (χ1n) is 7.31. The van der Waals surface area contributed by atoms with Gasteiger partial charge in [0.25, 0.3) is 5.91 Å². The minimum Gasteiger partial charge on any atom is -0.379 e. The molecule has 116 valence electrons. The molecule has 0 atom stereocenters. The summed E-state index contributed by atoms with van der Waals surface area (Å²) in [6.07, 6.45) is 3.97. The number of hydrogen-bond donors (Lipinski definition) is 1. The summed E-state index contributed by atoms with van der Waals surface area (Å²) in [7, 11) is 1.82. The molecule has 1 aliphatic heterocycles. The lowest BCUT2D eigenvalue weighted by Crippen LogP contribution is -2.28. The minimum atomic E-state index is 0.0293. The zero-order valence-corrected chi connectivity index (χ0v) is 13.2. The molecular weight excluding hydrogens is 302 g/mol. The standard InChI is InChI=1S/C15H18ClN5O/c1-20-10-12(18-19-20)9-17-14-5-4-11(16)8-13(14)15(22)21-6-2-3-7-21/h4-5,8,10,17H,2-3,6-7,9H2,1H3. The van der Waals surface area contributed by atoms with Gasteiger partial charge in [-0.3, -0.25) is 9.48 Å². The number of nitrogens with zero attached hydrogens (tertiary/aromatic N) is 4. The molecule has 3 rings (SSSR count). The molecule has 1 aromatic heterocycles. The van der Waals surface area contributed by atoms with Crippen LogP contribution in [0.4, 0.5) is 5.69 Å². The maximum atomic E-state index is 12.6. The fourth-order valence-corrected chi connectivity index (χ4v) is 2.77. The molecule has 0 aliphatic carbocycles. The van der Waals surface area contributed by atoms with Crippen LogP contribution in [0.5, 0.6) is 0 Å². The van der Waals surface area contributed by atoms with Crippen LogP contribution < -0.4 is 5.32 Å². The number of halogens is 1. The van der Waals surface area contributed by atoms with E-state index in [1.165, 1.54) is 0 Å². The largest absolute Gasteiger partial charge is 0.379 e. The highest BCUT2D eigenvalue weighted by Crippen LogP contribution is 2.24. The molecule has 0 unspecified atom stereocenters. The monoisotopic (exact) mass is 319 g/mol. The highest BCUT2D eigenvalue weighted by Gasteiger charge is 2.22. The summed E-state index contributed by atoms with van der Waals surface area (Å²) in [5, 5.41) is 11.7. The highest BCUT2D eigenvalue weighted by atomic mass is 35.5. The molecule has 0 radical (unpaired) electrons. The number of rotatable bonds is 4. The highest BCUT2D eigenvalue weighted by molar-refractivity contribution is 6.31. The first-order valence-corrected chi connectivity index (χ1v) is 7.69. The number of anilines is 1. The zero-order chi connectivity index (χ0) is 15.5. The van der Waals surface area contributed by atoms with Crippen LogP contribution in [0.1, 0.15) is 28.9 Å². The molecule has 2 aromatic rings. The van der Waals surface area contributed by atoms with Gasteiger partial charge in [-0.15, -0.1) is 5.10 Å². The van der Waals surface area contributed by atoms with Gasteiger partial charge in [-0.2, -0.15) is 0 Å². The maximum absolute atomic E-state index is 12.6. The van der Waals surface area contributed by atoms with Gasteiger partial charge < -0.3 is 10.2 Å². The predicted octanol–water partition coefficient (Wildman–Crippen LogP) is 2.32. The summed E-state index contributed by atoms with van der Waals surface area (Å²) in [4.78, 5) is 14.5. The molecule has 0 saturated carbocycles. The van der Waals surface area contributed by atoms with E-state index in [0.717, 1.165) is 37.3 Å². The van der Waals surface area contributed by atoms with Gasteiger partial charge in [0.1, 0.15) is 5.69 Å². The van der Waals surface area contributed by atoms with E-state index in [4.69, 9.17) is 11.6 Å². The molecule has 6 nitrogen and oxygen atoms in total. The predicted molar refractivity (Wildman–Crippen MR) is 84.9 cm³/mol. The van der Waals surface area contributed by atoms with Crippen molar-refractivity contribution in [3.05, 3.63) is 40.7 Å². The Balaban J connectivity index is 1.79. The molecule has 0 bridgehead atoms. The summed E-state index contributed by atoms with van der Waals surface area (Å²) in [5.74, 6) is 0.0293. The number of hydrogen-bond acceptors (Lipinski definition) is 4. The molecule has 7 heteroatoms. The first kappa shape index (κ1) is 14.8. The minimum absolute atomic E-state index is 0.0293. The summed E-state index contributed by atoms with van der Waals surface area (Å²) in [6.45, 7) is 2.14. The second kappa shape index (κ2) is 6.36. The van der Waals surface area contributed by atoms with E-state index in [1.807, 2.05) is 24.2 Å². The average molecular weight is 320 g/mol. The van der Waals surface area contributed by atoms with Crippen LogP contribution >= 0.6 is 11.6 Å². The van der Waals surface area contributed by atoms with Crippen molar-refractivity contribution in [1.82, 2.24) is 19.9 Å². The lowest BCUT2D eigenvalue weighted by molar-refractivity contribution is 0.0793. The van der Waals surface area contributed by atoms with E-state index >= 15 is 0 Å². The van der Waals surface area contributed by atoms with Crippen molar-refractivity contribution >= 4 is 23.2 Å². The van der Waals surface area contributed by atoms with Crippen LogP contribution in [0.25, 0.3) is 0 Å². The van der Waals surface area contributed by atoms with E-state index in [-0.39, 0.29) is 5.91 Å². The summed E-state index contributed by atoms with van der Waals surface area (Å²) in [5.41, 5.74) is 2.20. The number of amides is 1. The molecule has 22 heavy (non-hydrogen) atoms. The van der Waals surface area contributed by atoms with E-state index in [9.17, 15) is 4.79 Å². The fraction of sp³-hybridized carbons (Fsp3) is 0.400. The molecule has 0 spiro atoms. The van der Waals surface area contributed by atoms with Crippen molar-refractivity contribution in [2.75, 3.05) is 18.4 Å². The molecule has 2 heterocycles. The fourth-order valence-electron chi connectivity index (χ4n) is 2.60. The van der Waals surface area contributed by atoms with Gasteiger partial charge in [0, 0.05) is 37.0 Å². The molecular formula is C15H18ClN5O. The van der Waals surface area contributed by atoms with E-state index < -0.39 is 0 Å². The quantitative estimate of drug-likeness (QED) is 0.939. The molecule has 1 aromatic carbocycles. The lowest BCUT2D eigenvalue weighted by Gasteiger charge is -2.18. The number of benzene rings is 1. The van der Waals surface area contributed by atoms with E-state index in [2.05, 4.69) is 15.6 Å². The van der Waals surface area contributed by atoms with Crippen molar-refractivity contribution in [3.63, 3.8) is 0 Å². The molecule has 1 saturated heterocycles. The lowest BCUT2D eigenvalue weighted by atomic mass is 10.1. The third-order valence-electron chi connectivity index (χ3n) is 3.72. The molecule has 1 fully saturated rings. The van der Waals surface area contributed by atoms with Crippen molar-refractivity contribution in [3.8, 4) is 0 Å². The number of carbonyl (C=O) groups excluding carboxylic acids is 1. The second-order valence-corrected chi connectivity index (χ2v) is 5.86. The van der Waals surface area contributed by atoms with Crippen LogP contribution in [0.2, 0.25) is 5.02 Å². The van der Waals surface area contributed by atoms with Gasteiger partial charge in [0.2, 0.25) is 0 Å². The first-order chi connectivity index (χ1) is 10.6. The third kappa shape index (κ3) is 3.22. The van der Waals surface area contributed by atoms with Gasteiger partial charge >= 0.3 is 0 Å². The van der Waals surface area contributed by atoms with Crippen molar-refractivity contribution < 1.29 is 4.79 Å². The zero-order valence-electron chi connectivity index (χ0n) is 12.4. The van der Waals surface area contributed by atoms with Crippen molar-refractivity contribution in [2.24, 2.45) is 7.05 Å². The number of nitrogens with one attached hydrogen (secondary N) is 1. The van der Waals surface area contributed by atoms with Crippen LogP contribution in [0.3, 0.4) is 0 Å². The third-order valence-corrected chi connectivity index (χ3v) is 3.95. The Kier molecular flexibility index (Phi) is 4.29. The number of aromatic nitrogens is 3. The Hall–Kier alpha value is -2.08. The number of likely N-dealkylation sites (tertiary alicyclic amines) is 1. The maximum Gasteiger partial charge on any atom is 0.256 e. The van der Waals surface area contributed by atoms with Gasteiger partial charge in [-0.1, -0.05) is 16.8 Å². The SMILES string of the molecule is Cn1cc(CNc2ccc(Cl)cc2C(=O)N2CCCC2)nn1. The van der Waals surface area contributed by atoms with Crippen molar-refractivity contribution in [2.45, 2.75) is 19.4 Å². The Morgan fingerprint density at radius 1 is 1.36 bits per heavy atom. The number of aryl methyl sites for hydroxylation is 1. The molecule has 1 N–H and O–H groups in total. The van der Waals surface area contributed by atoms with Crippen LogP contribution in [-0.2, 0) is 13.6 Å². The Morgan fingerprint density at radius 2 is 2.14 bits per heavy atom. The summed E-state index contributed by atoms with van der Waals surface area (Å²) < 4.78 is 1.65. The van der Waals surface area contributed by atoms with Crippen LogP contribution in [0, 0.1) is 0 Å². The second-order valence-electron chi connectivity index (χ2n) is 5.43. The Morgan fingerprint density at radius 3 is 2.82 bits per heavy atom. The number of carbonyl (C=O) groups is 1. The Labute approximate surface area is 134 Å². The van der Waals surface area contributed by atoms with Gasteiger partial charge in [-0.05, 0) is 31.0 Å². The van der Waals surface area contributed by atoms with Gasteiger partial charge in [-0.25, -0.2) is 0 Å². The Bertz CT molecular complexity index is 678. The topological polar surface area (TPSA) is 63.1 Å². The average Bonchev–Trinajstić information content (AvgIpc) is 3.16. The van der Waals surface area contributed by atoms with Crippen LogP contribution in [0.15, 0.2) is 24.4 Å². The van der Waals surface area contributed by atoms with Crippen molar-refractivity contribution in [1.29, 1.82) is 0 Å². The van der Waals surface area contributed by atoms with Crippen LogP contribution in [-0.4, -0.2) is 38.9 Å². The smallest absolute Gasteiger partial charge is 0.256 e. The summed E-state index contributed by atoms with van der Waals surface area (Å²) >= 11 is 6.06. The molecule has 1 aliphatic rings.